The van der Waals surface area contributed by atoms with Gasteiger partial charge in [-0.2, -0.15) is 0 Å². The molecule has 2 saturated carbocycles. The van der Waals surface area contributed by atoms with Crippen LogP contribution in [0.4, 0.5) is 4.79 Å². The lowest BCUT2D eigenvalue weighted by molar-refractivity contribution is -0.346. The van der Waals surface area contributed by atoms with Gasteiger partial charge in [0.05, 0.1) is 29.6 Å². The summed E-state index contributed by atoms with van der Waals surface area (Å²) in [4.78, 5) is 83.7. The number of amides is 1. The van der Waals surface area contributed by atoms with Gasteiger partial charge in [-0.25, -0.2) is 14.4 Å². The van der Waals surface area contributed by atoms with Crippen molar-refractivity contribution in [2.24, 2.45) is 16.7 Å². The summed E-state index contributed by atoms with van der Waals surface area (Å²) < 4.78 is 35.8. The van der Waals surface area contributed by atoms with Crippen molar-refractivity contribution in [3.63, 3.8) is 0 Å². The number of Topliss-reactive ketones (excluding diaryl/α,β-unsaturated/α-hetero) is 1. The third-order valence-electron chi connectivity index (χ3n) is 13.3. The molecule has 1 saturated heterocycles. The minimum atomic E-state index is -2.39. The Kier molecular flexibility index (Phi) is 13.1. The number of ketones is 1. The number of ether oxygens (including phenoxy) is 6. The molecular weight excluding hydrogens is 819 g/mol. The van der Waals surface area contributed by atoms with Gasteiger partial charge in [0.2, 0.25) is 6.10 Å². The van der Waals surface area contributed by atoms with Gasteiger partial charge in [-0.15, -0.1) is 0 Å². The summed E-state index contributed by atoms with van der Waals surface area (Å²) in [6.45, 7) is 13.5. The molecule has 11 atom stereocenters. The SMILES string of the molecule is CCCC(=O)O[C@@H](C(=O)O[C@H]1C[C@@]2(O)[C@@H](OC(=O)c3ccccc3)C3[C@](C)(C(=O)[C@H](O)C(=C1C)C2(C)C)[C@@H](O)C[C@H]1OC[C@@]31OC(C)=O)[C@@H](NC(=O)OC(C)(C)C)c1ccccc1. The highest BCUT2D eigenvalue weighted by Crippen LogP contribution is 2.64. The third kappa shape index (κ3) is 8.50. The maximum absolute atomic E-state index is 15.1. The monoisotopic (exact) mass is 877 g/mol. The van der Waals surface area contributed by atoms with E-state index in [0.717, 1.165) is 6.92 Å². The number of aliphatic hydroxyl groups excluding tert-OH is 2. The first-order valence-corrected chi connectivity index (χ1v) is 21.3. The Morgan fingerprint density at radius 3 is 2.13 bits per heavy atom. The number of fused-ring (bicyclic) bond motifs is 5. The van der Waals surface area contributed by atoms with E-state index < -0.39 is 118 Å². The summed E-state index contributed by atoms with van der Waals surface area (Å²) in [5, 5.41) is 40.6. The van der Waals surface area contributed by atoms with Gasteiger partial charge in [0.25, 0.3) is 0 Å². The number of alkyl carbamates (subject to hydrolysis) is 1. The van der Waals surface area contributed by atoms with Gasteiger partial charge in [0.15, 0.2) is 11.4 Å². The molecule has 1 heterocycles. The van der Waals surface area contributed by atoms with Gasteiger partial charge in [0, 0.05) is 31.6 Å². The molecule has 4 N–H and O–H groups in total. The standard InChI is InChI=1S/C47H59NO15/c1-10-17-32(51)60-36(34(27-18-13-11-14-19-27)48-42(56)63-43(4,5)6)41(55)59-29-23-47(57)39(61-40(54)28-20-15-12-16-21-28)37-45(9,38(53)35(52)33(25(29)2)44(47,7)8)30(50)22-31-46(37,24-58-31)62-26(3)49/h11-16,18-21,29-31,34-37,39,50,52,57H,10,17,22-24H2,1-9H3,(H,48,56)/t29-,30-,31+,34-,35+,36+,37?,39-,45+,46-,47+/m0/s1. The Morgan fingerprint density at radius 2 is 1.57 bits per heavy atom. The summed E-state index contributed by atoms with van der Waals surface area (Å²) in [6, 6.07) is 14.7. The van der Waals surface area contributed by atoms with E-state index in [1.54, 1.807) is 90.1 Å². The predicted octanol–water partition coefficient (Wildman–Crippen LogP) is 4.61. The Bertz CT molecular complexity index is 2130. The van der Waals surface area contributed by atoms with Crippen molar-refractivity contribution >= 4 is 35.8 Å². The molecule has 0 radical (unpaired) electrons. The second kappa shape index (κ2) is 17.4. The van der Waals surface area contributed by atoms with Crippen LogP contribution in [0.15, 0.2) is 71.8 Å². The average molecular weight is 878 g/mol. The Morgan fingerprint density at radius 1 is 0.952 bits per heavy atom. The largest absolute Gasteiger partial charge is 0.455 e. The molecule has 1 unspecified atom stereocenters. The van der Waals surface area contributed by atoms with Crippen LogP contribution >= 0.6 is 0 Å². The molecule has 3 aliphatic carbocycles. The first-order valence-electron chi connectivity index (χ1n) is 21.3. The van der Waals surface area contributed by atoms with Gasteiger partial charge < -0.3 is 49.1 Å². The fraction of sp³-hybridized carbons (Fsp3) is 0.574. The fourth-order valence-corrected chi connectivity index (χ4v) is 10.1. The topological polar surface area (TPSA) is 231 Å². The first-order chi connectivity index (χ1) is 29.4. The number of hydrogen-bond acceptors (Lipinski definition) is 15. The van der Waals surface area contributed by atoms with Crippen LogP contribution in [0, 0.1) is 16.7 Å². The number of carbonyl (C=O) groups is 6. The molecule has 3 fully saturated rings. The smallest absolute Gasteiger partial charge is 0.408 e. The third-order valence-corrected chi connectivity index (χ3v) is 13.3. The van der Waals surface area contributed by atoms with E-state index in [1.165, 1.54) is 26.0 Å². The molecule has 342 valence electrons. The lowest BCUT2D eigenvalue weighted by Crippen LogP contribution is -2.81. The van der Waals surface area contributed by atoms with Gasteiger partial charge in [0.1, 0.15) is 41.7 Å². The summed E-state index contributed by atoms with van der Waals surface area (Å²) in [5.74, 6) is -6.14. The molecule has 6 rings (SSSR count). The summed E-state index contributed by atoms with van der Waals surface area (Å²) in [7, 11) is 0. The predicted molar refractivity (Wildman–Crippen MR) is 222 cm³/mol. The highest BCUT2D eigenvalue weighted by molar-refractivity contribution is 5.94. The number of rotatable bonds is 11. The van der Waals surface area contributed by atoms with E-state index in [2.05, 4.69) is 5.32 Å². The highest BCUT2D eigenvalue weighted by atomic mass is 16.6. The van der Waals surface area contributed by atoms with Crippen LogP contribution in [0.1, 0.15) is 110 Å². The van der Waals surface area contributed by atoms with Crippen LogP contribution in [0.3, 0.4) is 0 Å². The van der Waals surface area contributed by atoms with Crippen molar-refractivity contribution in [2.75, 3.05) is 6.61 Å². The number of carbonyl (C=O) groups excluding carboxylic acids is 6. The van der Waals surface area contributed by atoms with Gasteiger partial charge in [-0.05, 0) is 69.9 Å². The molecule has 1 aliphatic heterocycles. The number of aliphatic hydroxyl groups is 3. The van der Waals surface area contributed by atoms with Crippen molar-refractivity contribution in [3.8, 4) is 0 Å². The van der Waals surface area contributed by atoms with E-state index in [1.807, 2.05) is 0 Å². The average Bonchev–Trinajstić information content (AvgIpc) is 3.20. The first kappa shape index (κ1) is 47.3. The second-order valence-corrected chi connectivity index (χ2v) is 18.8. The van der Waals surface area contributed by atoms with Crippen molar-refractivity contribution in [1.82, 2.24) is 5.32 Å². The lowest BCUT2D eigenvalue weighted by atomic mass is 9.44. The zero-order chi connectivity index (χ0) is 46.4. The molecule has 16 nitrogen and oxygen atoms in total. The van der Waals surface area contributed by atoms with Gasteiger partial charge in [-0.3, -0.25) is 14.4 Å². The lowest BCUT2D eigenvalue weighted by Gasteiger charge is -2.67. The molecule has 0 aromatic heterocycles. The molecule has 4 aliphatic rings. The number of benzene rings is 2. The number of hydrogen-bond donors (Lipinski definition) is 4. The molecule has 2 aromatic rings. The quantitative estimate of drug-likeness (QED) is 0.137. The van der Waals surface area contributed by atoms with Crippen LogP contribution < -0.4 is 5.32 Å². The Labute approximate surface area is 366 Å². The van der Waals surface area contributed by atoms with E-state index in [9.17, 15) is 39.3 Å². The maximum Gasteiger partial charge on any atom is 0.408 e. The number of esters is 4. The summed E-state index contributed by atoms with van der Waals surface area (Å²) in [6.07, 6.45) is -11.2. The van der Waals surface area contributed by atoms with Crippen LogP contribution in [-0.2, 0) is 47.6 Å². The molecule has 2 aromatic carbocycles. The molecule has 0 spiro atoms. The zero-order valence-corrected chi connectivity index (χ0v) is 37.2. The van der Waals surface area contributed by atoms with Crippen molar-refractivity contribution < 1.29 is 72.5 Å². The Hall–Kier alpha value is -5.16. The second-order valence-electron chi connectivity index (χ2n) is 18.8. The minimum Gasteiger partial charge on any atom is -0.455 e. The molecule has 16 heteroatoms. The van der Waals surface area contributed by atoms with Gasteiger partial charge >= 0.3 is 30.0 Å². The normalized spacial score (nSPS) is 31.8. The van der Waals surface area contributed by atoms with Crippen molar-refractivity contribution in [2.45, 2.75) is 147 Å². The molecule has 2 bridgehead atoms. The van der Waals surface area contributed by atoms with E-state index >= 15 is 4.79 Å². The van der Waals surface area contributed by atoms with Crippen LogP contribution in [0.2, 0.25) is 0 Å². The highest BCUT2D eigenvalue weighted by Gasteiger charge is 2.78. The van der Waals surface area contributed by atoms with E-state index in [0.29, 0.717) is 12.0 Å². The number of nitrogens with one attached hydrogen (secondary N) is 1. The minimum absolute atomic E-state index is 0.0697. The Balaban J connectivity index is 1.53. The zero-order valence-electron chi connectivity index (χ0n) is 37.2. The van der Waals surface area contributed by atoms with Crippen LogP contribution in [0.25, 0.3) is 0 Å². The van der Waals surface area contributed by atoms with E-state index in [-0.39, 0.29) is 36.2 Å². The van der Waals surface area contributed by atoms with Gasteiger partial charge in [-0.1, -0.05) is 69.3 Å². The molecule has 63 heavy (non-hydrogen) atoms. The maximum atomic E-state index is 15.1. The summed E-state index contributed by atoms with van der Waals surface area (Å²) in [5.41, 5.74) is -8.32. The van der Waals surface area contributed by atoms with E-state index in [4.69, 9.17) is 28.4 Å². The van der Waals surface area contributed by atoms with Crippen molar-refractivity contribution in [1.29, 1.82) is 0 Å². The molecular formula is C47H59NO15. The van der Waals surface area contributed by atoms with Crippen LogP contribution in [-0.4, -0.2) is 111 Å². The molecule has 1 amide bonds. The summed E-state index contributed by atoms with van der Waals surface area (Å²) >= 11 is 0. The van der Waals surface area contributed by atoms with Crippen molar-refractivity contribution in [3.05, 3.63) is 82.9 Å². The fourth-order valence-electron chi connectivity index (χ4n) is 10.1. The van der Waals surface area contributed by atoms with Crippen LogP contribution in [0.5, 0.6) is 0 Å².